The van der Waals surface area contributed by atoms with Gasteiger partial charge in [0.05, 0.1) is 23.7 Å². The Balaban J connectivity index is 2.26. The Hall–Kier alpha value is -1.77. The summed E-state index contributed by atoms with van der Waals surface area (Å²) in [5.41, 5.74) is 0.513. The van der Waals surface area contributed by atoms with Crippen LogP contribution in [-0.2, 0) is 23.2 Å². The van der Waals surface area contributed by atoms with Crippen molar-refractivity contribution >= 4 is 10.0 Å². The fourth-order valence-corrected chi connectivity index (χ4v) is 2.72. The molecule has 2 rings (SSSR count). The highest BCUT2D eigenvalue weighted by atomic mass is 32.2. The van der Waals surface area contributed by atoms with Crippen molar-refractivity contribution in [3.05, 3.63) is 47.6 Å². The first-order valence-corrected chi connectivity index (χ1v) is 6.79. The molecular formula is C11H11FN2O4S. The quantitative estimate of drug-likeness (QED) is 0.847. The molecule has 0 saturated carbocycles. The molecule has 0 aliphatic rings. The fraction of sp³-hybridized carbons (Fsp3) is 0.182. The molecule has 19 heavy (non-hydrogen) atoms. The van der Waals surface area contributed by atoms with Crippen LogP contribution in [0.4, 0.5) is 4.39 Å². The highest BCUT2D eigenvalue weighted by Gasteiger charge is 2.19. The summed E-state index contributed by atoms with van der Waals surface area (Å²) in [5.74, 6) is -0.695. The number of nitrogens with zero attached hydrogens (tertiary/aromatic N) is 1. The van der Waals surface area contributed by atoms with E-state index in [0.29, 0.717) is 5.69 Å². The molecule has 0 atom stereocenters. The smallest absolute Gasteiger partial charge is 0.241 e. The van der Waals surface area contributed by atoms with E-state index in [2.05, 4.69) is 14.4 Å². The number of aliphatic hydroxyl groups is 1. The Morgan fingerprint density at radius 1 is 1.37 bits per heavy atom. The molecule has 8 heteroatoms. The van der Waals surface area contributed by atoms with Gasteiger partial charge in [0.15, 0.2) is 0 Å². The van der Waals surface area contributed by atoms with Gasteiger partial charge in [0.2, 0.25) is 10.0 Å². The third-order valence-electron chi connectivity index (χ3n) is 2.42. The second-order valence-electron chi connectivity index (χ2n) is 3.73. The lowest BCUT2D eigenvalue weighted by atomic mass is 10.2. The molecule has 2 aromatic rings. The lowest BCUT2D eigenvalue weighted by Gasteiger charge is -2.09. The summed E-state index contributed by atoms with van der Waals surface area (Å²) in [7, 11) is -3.93. The maximum Gasteiger partial charge on any atom is 0.241 e. The maximum absolute atomic E-state index is 13.1. The van der Waals surface area contributed by atoms with E-state index in [-0.39, 0.29) is 17.0 Å². The third-order valence-corrected chi connectivity index (χ3v) is 3.91. The first kappa shape index (κ1) is 13.7. The van der Waals surface area contributed by atoms with Gasteiger partial charge in [0, 0.05) is 6.07 Å². The molecular weight excluding hydrogens is 275 g/mol. The van der Waals surface area contributed by atoms with Gasteiger partial charge in [-0.2, -0.15) is 0 Å². The van der Waals surface area contributed by atoms with Crippen LogP contribution in [0.3, 0.4) is 0 Å². The number of benzene rings is 1. The highest BCUT2D eigenvalue weighted by molar-refractivity contribution is 7.89. The van der Waals surface area contributed by atoms with Crippen molar-refractivity contribution in [3.63, 3.8) is 0 Å². The molecule has 102 valence electrons. The summed E-state index contributed by atoms with van der Waals surface area (Å²) in [6.07, 6.45) is 1.31. The van der Waals surface area contributed by atoms with Crippen molar-refractivity contribution in [1.29, 1.82) is 0 Å². The Morgan fingerprint density at radius 3 is 2.79 bits per heavy atom. The number of aliphatic hydroxyl groups excluding tert-OH is 1. The van der Waals surface area contributed by atoms with Crippen molar-refractivity contribution in [3.8, 4) is 0 Å². The predicted molar refractivity (Wildman–Crippen MR) is 62.9 cm³/mol. The van der Waals surface area contributed by atoms with Crippen LogP contribution in [0.25, 0.3) is 0 Å². The van der Waals surface area contributed by atoms with Gasteiger partial charge in [0.1, 0.15) is 12.1 Å². The first-order chi connectivity index (χ1) is 9.03. The number of sulfonamides is 1. The molecule has 0 aliphatic carbocycles. The van der Waals surface area contributed by atoms with Crippen LogP contribution in [0.5, 0.6) is 0 Å². The predicted octanol–water partition coefficient (Wildman–Crippen LogP) is 0.784. The van der Waals surface area contributed by atoms with Crippen molar-refractivity contribution in [1.82, 2.24) is 9.88 Å². The van der Waals surface area contributed by atoms with E-state index < -0.39 is 22.4 Å². The molecule has 0 bridgehead atoms. The van der Waals surface area contributed by atoms with E-state index in [4.69, 9.17) is 5.11 Å². The third kappa shape index (κ3) is 3.16. The fourth-order valence-electron chi connectivity index (χ4n) is 1.48. The summed E-state index contributed by atoms with van der Waals surface area (Å²) < 4.78 is 44.0. The van der Waals surface area contributed by atoms with E-state index in [0.717, 1.165) is 12.1 Å². The maximum atomic E-state index is 13.1. The summed E-state index contributed by atoms with van der Waals surface area (Å²) in [5, 5.41) is 12.6. The molecule has 0 radical (unpaired) electrons. The van der Waals surface area contributed by atoms with Crippen molar-refractivity contribution in [2.75, 3.05) is 0 Å². The van der Waals surface area contributed by atoms with Crippen LogP contribution < -0.4 is 4.72 Å². The number of hydrogen-bond donors (Lipinski definition) is 2. The second kappa shape index (κ2) is 5.47. The molecule has 1 heterocycles. The zero-order valence-electron chi connectivity index (χ0n) is 9.71. The first-order valence-electron chi connectivity index (χ1n) is 5.31. The van der Waals surface area contributed by atoms with Crippen LogP contribution in [0.1, 0.15) is 11.3 Å². The van der Waals surface area contributed by atoms with Gasteiger partial charge in [-0.15, -0.1) is 0 Å². The number of rotatable bonds is 5. The largest absolute Gasteiger partial charge is 0.392 e. The zero-order valence-corrected chi connectivity index (χ0v) is 10.5. The summed E-state index contributed by atoms with van der Waals surface area (Å²) in [6, 6.07) is 4.67. The number of halogens is 1. The van der Waals surface area contributed by atoms with Crippen molar-refractivity contribution in [2.24, 2.45) is 0 Å². The SMILES string of the molecule is O=S(=O)(NCc1ccon1)c1cc(F)ccc1CO. The van der Waals surface area contributed by atoms with Crippen LogP contribution in [0.2, 0.25) is 0 Å². The van der Waals surface area contributed by atoms with E-state index in [1.165, 1.54) is 18.4 Å². The van der Waals surface area contributed by atoms with Crippen LogP contribution in [0, 0.1) is 5.82 Å². The molecule has 0 spiro atoms. The molecule has 1 aromatic heterocycles. The zero-order chi connectivity index (χ0) is 13.9. The lowest BCUT2D eigenvalue weighted by molar-refractivity contribution is 0.278. The van der Waals surface area contributed by atoms with E-state index in [9.17, 15) is 12.8 Å². The van der Waals surface area contributed by atoms with Gasteiger partial charge in [0.25, 0.3) is 0 Å². The molecule has 0 aliphatic heterocycles. The second-order valence-corrected chi connectivity index (χ2v) is 5.46. The molecule has 6 nitrogen and oxygen atoms in total. The van der Waals surface area contributed by atoms with Crippen molar-refractivity contribution in [2.45, 2.75) is 18.0 Å². The summed E-state index contributed by atoms with van der Waals surface area (Å²) >= 11 is 0. The number of aromatic nitrogens is 1. The minimum absolute atomic E-state index is 0.0831. The minimum Gasteiger partial charge on any atom is -0.392 e. The topological polar surface area (TPSA) is 92.4 Å². The van der Waals surface area contributed by atoms with Crippen LogP contribution in [-0.4, -0.2) is 18.7 Å². The standard InChI is InChI=1S/C11H11FN2O4S/c12-9-2-1-8(7-15)11(5-9)19(16,17)13-6-10-3-4-18-14-10/h1-5,13,15H,6-7H2. The van der Waals surface area contributed by atoms with Gasteiger partial charge < -0.3 is 9.63 Å². The summed E-state index contributed by atoms with van der Waals surface area (Å²) in [6.45, 7) is -0.583. The molecule has 0 unspecified atom stereocenters. The Bertz CT molecular complexity index is 655. The Labute approximate surface area is 108 Å². The number of hydrogen-bond acceptors (Lipinski definition) is 5. The van der Waals surface area contributed by atoms with Gasteiger partial charge in [-0.1, -0.05) is 11.2 Å². The van der Waals surface area contributed by atoms with Crippen molar-refractivity contribution < 1.29 is 22.4 Å². The summed E-state index contributed by atoms with van der Waals surface area (Å²) in [4.78, 5) is -0.293. The van der Waals surface area contributed by atoms with E-state index in [1.54, 1.807) is 0 Å². The molecule has 0 amide bonds. The molecule has 1 aromatic carbocycles. The van der Waals surface area contributed by atoms with E-state index >= 15 is 0 Å². The Kier molecular flexibility index (Phi) is 3.93. The normalized spacial score (nSPS) is 11.7. The van der Waals surface area contributed by atoms with Gasteiger partial charge >= 0.3 is 0 Å². The number of nitrogens with one attached hydrogen (secondary N) is 1. The lowest BCUT2D eigenvalue weighted by Crippen LogP contribution is -2.24. The monoisotopic (exact) mass is 286 g/mol. The minimum atomic E-state index is -3.93. The average molecular weight is 286 g/mol. The Morgan fingerprint density at radius 2 is 2.16 bits per heavy atom. The molecule has 2 N–H and O–H groups in total. The van der Waals surface area contributed by atoms with Crippen LogP contribution >= 0.6 is 0 Å². The van der Waals surface area contributed by atoms with Gasteiger partial charge in [-0.25, -0.2) is 17.5 Å². The average Bonchev–Trinajstić information content (AvgIpc) is 2.89. The van der Waals surface area contributed by atoms with Gasteiger partial charge in [-0.05, 0) is 17.7 Å². The van der Waals surface area contributed by atoms with E-state index in [1.807, 2.05) is 0 Å². The van der Waals surface area contributed by atoms with Gasteiger partial charge in [-0.3, -0.25) is 0 Å². The molecule has 0 saturated heterocycles. The van der Waals surface area contributed by atoms with Crippen LogP contribution in [0.15, 0.2) is 39.9 Å². The molecule has 0 fully saturated rings. The highest BCUT2D eigenvalue weighted by Crippen LogP contribution is 2.17.